The number of nitrogens with two attached hydrogens (primary N) is 1. The van der Waals surface area contributed by atoms with Gasteiger partial charge in [0.2, 0.25) is 0 Å². The fourth-order valence-electron chi connectivity index (χ4n) is 3.17. The molecule has 1 aromatic rings. The zero-order valence-electron chi connectivity index (χ0n) is 15.3. The molecule has 1 fully saturated rings. The molecule has 0 atom stereocenters. The van der Waals surface area contributed by atoms with Crippen LogP contribution in [0, 0.1) is 16.0 Å². The molecule has 0 spiro atoms. The molecule has 1 heterocycles. The third-order valence-corrected chi connectivity index (χ3v) is 4.65. The summed E-state index contributed by atoms with van der Waals surface area (Å²) in [7, 11) is 0. The van der Waals surface area contributed by atoms with Gasteiger partial charge in [0.1, 0.15) is 5.60 Å². The Hall–Kier alpha value is -2.48. The van der Waals surface area contributed by atoms with Crippen molar-refractivity contribution in [3.8, 4) is 0 Å². The quantitative estimate of drug-likeness (QED) is 0.466. The Morgan fingerprint density at radius 3 is 2.31 bits per heavy atom. The van der Waals surface area contributed by atoms with Gasteiger partial charge in [0, 0.05) is 30.9 Å². The molecule has 0 radical (unpaired) electrons. The highest BCUT2D eigenvalue weighted by Crippen LogP contribution is 2.29. The van der Waals surface area contributed by atoms with Crippen LogP contribution in [0.3, 0.4) is 0 Å². The van der Waals surface area contributed by atoms with Crippen molar-refractivity contribution >= 4 is 17.6 Å². The Balaban J connectivity index is 2.26. The standard InChI is InChI=1S/C18H24N2O6/c1-4-25-16(21)12-9-13(11-15(10-12)20(23)24)17(22)26-18(2,3)14-5-7-19-8-6-14/h9-11,14,19H,4-8H2,1-3H3/p+1. The Morgan fingerprint density at radius 1 is 1.19 bits per heavy atom. The summed E-state index contributed by atoms with van der Waals surface area (Å²) in [5.41, 5.74) is -1.12. The van der Waals surface area contributed by atoms with Gasteiger partial charge in [-0.2, -0.15) is 0 Å². The van der Waals surface area contributed by atoms with E-state index in [1.165, 1.54) is 6.07 Å². The molecule has 2 N–H and O–H groups in total. The number of benzene rings is 1. The third-order valence-electron chi connectivity index (χ3n) is 4.65. The van der Waals surface area contributed by atoms with E-state index in [0.717, 1.165) is 38.1 Å². The van der Waals surface area contributed by atoms with Crippen molar-refractivity contribution in [2.75, 3.05) is 19.7 Å². The summed E-state index contributed by atoms with van der Waals surface area (Å²) in [4.78, 5) is 35.0. The van der Waals surface area contributed by atoms with E-state index in [0.29, 0.717) is 0 Å². The number of non-ortho nitro benzene ring substituents is 1. The van der Waals surface area contributed by atoms with Crippen LogP contribution >= 0.6 is 0 Å². The number of ether oxygens (including phenoxy) is 2. The molecule has 8 heteroatoms. The van der Waals surface area contributed by atoms with E-state index >= 15 is 0 Å². The summed E-state index contributed by atoms with van der Waals surface area (Å²) in [5.74, 6) is -1.18. The number of carbonyl (C=O) groups is 2. The monoisotopic (exact) mass is 365 g/mol. The highest BCUT2D eigenvalue weighted by Gasteiger charge is 2.36. The zero-order chi connectivity index (χ0) is 19.3. The molecular weight excluding hydrogens is 340 g/mol. The van der Waals surface area contributed by atoms with Gasteiger partial charge >= 0.3 is 11.9 Å². The fraction of sp³-hybridized carbons (Fsp3) is 0.556. The average molecular weight is 365 g/mol. The minimum atomic E-state index is -0.715. The predicted octanol–water partition coefficient (Wildman–Crippen LogP) is 1.68. The normalized spacial score (nSPS) is 15.3. The smallest absolute Gasteiger partial charge is 0.338 e. The third kappa shape index (κ3) is 4.78. The lowest BCUT2D eigenvalue weighted by Gasteiger charge is -2.35. The fourth-order valence-corrected chi connectivity index (χ4v) is 3.17. The first-order chi connectivity index (χ1) is 12.2. The summed E-state index contributed by atoms with van der Waals surface area (Å²) < 4.78 is 10.5. The number of nitro groups is 1. The first-order valence-corrected chi connectivity index (χ1v) is 8.76. The van der Waals surface area contributed by atoms with Crippen LogP contribution in [0.4, 0.5) is 5.69 Å². The molecule has 0 bridgehead atoms. The van der Waals surface area contributed by atoms with Crippen LogP contribution in [0.25, 0.3) is 0 Å². The average Bonchev–Trinajstić information content (AvgIpc) is 2.62. The molecule has 1 aliphatic rings. The van der Waals surface area contributed by atoms with Crippen molar-refractivity contribution in [2.45, 2.75) is 39.2 Å². The van der Waals surface area contributed by atoms with Crippen LogP contribution in [-0.4, -0.2) is 42.2 Å². The van der Waals surface area contributed by atoms with Crippen molar-refractivity contribution in [2.24, 2.45) is 5.92 Å². The molecular formula is C18H25N2O6+. The highest BCUT2D eigenvalue weighted by atomic mass is 16.6. The lowest BCUT2D eigenvalue weighted by Crippen LogP contribution is -2.86. The number of carbonyl (C=O) groups excluding carboxylic acids is 2. The van der Waals surface area contributed by atoms with Gasteiger partial charge in [-0.15, -0.1) is 0 Å². The van der Waals surface area contributed by atoms with Crippen LogP contribution < -0.4 is 5.32 Å². The SMILES string of the molecule is CCOC(=O)c1cc(C(=O)OC(C)(C)C2CC[NH2+]CC2)cc([N+](=O)[O-])c1. The van der Waals surface area contributed by atoms with Crippen LogP contribution in [0.1, 0.15) is 54.3 Å². The van der Waals surface area contributed by atoms with Crippen molar-refractivity contribution in [3.63, 3.8) is 0 Å². The van der Waals surface area contributed by atoms with Gasteiger partial charge in [-0.05, 0) is 26.8 Å². The summed E-state index contributed by atoms with van der Waals surface area (Å²) in [6, 6.07) is 3.49. The number of quaternary nitrogens is 1. The van der Waals surface area contributed by atoms with Crippen molar-refractivity contribution in [1.82, 2.24) is 0 Å². The molecule has 0 amide bonds. The van der Waals surface area contributed by atoms with E-state index in [4.69, 9.17) is 9.47 Å². The summed E-state index contributed by atoms with van der Waals surface area (Å²) in [6.07, 6.45) is 1.87. The molecule has 26 heavy (non-hydrogen) atoms. The second-order valence-corrected chi connectivity index (χ2v) is 6.88. The predicted molar refractivity (Wildman–Crippen MR) is 92.9 cm³/mol. The first-order valence-electron chi connectivity index (χ1n) is 8.76. The topological polar surface area (TPSA) is 112 Å². The molecule has 1 aliphatic heterocycles. The minimum absolute atomic E-state index is 0.0299. The number of hydrogen-bond donors (Lipinski definition) is 1. The minimum Gasteiger partial charge on any atom is -0.462 e. The lowest BCUT2D eigenvalue weighted by molar-refractivity contribution is -0.665. The summed E-state index contributed by atoms with van der Waals surface area (Å²) in [5, 5.41) is 13.4. The number of nitrogens with zero attached hydrogens (tertiary/aromatic N) is 1. The Kier molecular flexibility index (Phi) is 6.31. The maximum atomic E-state index is 12.6. The number of rotatable bonds is 6. The van der Waals surface area contributed by atoms with E-state index in [2.05, 4.69) is 5.32 Å². The van der Waals surface area contributed by atoms with Gasteiger partial charge in [0.05, 0.1) is 35.7 Å². The molecule has 8 nitrogen and oxygen atoms in total. The van der Waals surface area contributed by atoms with Crippen molar-refractivity contribution < 1.29 is 29.3 Å². The maximum Gasteiger partial charge on any atom is 0.338 e. The number of esters is 2. The van der Waals surface area contributed by atoms with Gasteiger partial charge in [0.15, 0.2) is 0 Å². The van der Waals surface area contributed by atoms with Crippen LogP contribution in [0.5, 0.6) is 0 Å². The van der Waals surface area contributed by atoms with E-state index in [9.17, 15) is 19.7 Å². The first kappa shape index (κ1) is 19.8. The molecule has 0 saturated carbocycles. The van der Waals surface area contributed by atoms with Crippen LogP contribution in [0.15, 0.2) is 18.2 Å². The van der Waals surface area contributed by atoms with Crippen LogP contribution in [-0.2, 0) is 9.47 Å². The van der Waals surface area contributed by atoms with Gasteiger partial charge in [-0.3, -0.25) is 10.1 Å². The van der Waals surface area contributed by atoms with Gasteiger partial charge in [-0.25, -0.2) is 9.59 Å². The molecule has 0 aliphatic carbocycles. The maximum absolute atomic E-state index is 12.6. The van der Waals surface area contributed by atoms with Gasteiger partial charge in [0.25, 0.3) is 5.69 Å². The van der Waals surface area contributed by atoms with E-state index in [1.54, 1.807) is 6.92 Å². The van der Waals surface area contributed by atoms with Crippen molar-refractivity contribution in [3.05, 3.63) is 39.4 Å². The lowest BCUT2D eigenvalue weighted by atomic mass is 9.83. The molecule has 142 valence electrons. The van der Waals surface area contributed by atoms with Crippen molar-refractivity contribution in [1.29, 1.82) is 0 Å². The highest BCUT2D eigenvalue weighted by molar-refractivity contribution is 5.96. The summed E-state index contributed by atoms with van der Waals surface area (Å²) in [6.45, 7) is 7.43. The summed E-state index contributed by atoms with van der Waals surface area (Å²) >= 11 is 0. The second-order valence-electron chi connectivity index (χ2n) is 6.88. The van der Waals surface area contributed by atoms with E-state index in [-0.39, 0.29) is 29.3 Å². The second kappa shape index (κ2) is 8.27. The van der Waals surface area contributed by atoms with Crippen LogP contribution in [0.2, 0.25) is 0 Å². The Labute approximate surface area is 152 Å². The molecule has 2 rings (SSSR count). The van der Waals surface area contributed by atoms with E-state index < -0.39 is 22.5 Å². The van der Waals surface area contributed by atoms with E-state index in [1.807, 2.05) is 13.8 Å². The number of hydrogen-bond acceptors (Lipinski definition) is 6. The molecule has 1 saturated heterocycles. The largest absolute Gasteiger partial charge is 0.462 e. The Bertz CT molecular complexity index is 695. The number of nitro benzene ring substituents is 1. The van der Waals surface area contributed by atoms with Gasteiger partial charge in [-0.1, -0.05) is 0 Å². The Morgan fingerprint density at radius 2 is 1.77 bits per heavy atom. The van der Waals surface area contributed by atoms with Gasteiger partial charge < -0.3 is 14.8 Å². The molecule has 0 aromatic heterocycles. The zero-order valence-corrected chi connectivity index (χ0v) is 15.3. The molecule has 0 unspecified atom stereocenters. The molecule has 1 aromatic carbocycles. The number of piperidine rings is 1.